The van der Waals surface area contributed by atoms with Crippen molar-refractivity contribution < 1.29 is 9.59 Å². The number of aryl methyl sites for hydroxylation is 2. The Morgan fingerprint density at radius 1 is 1.26 bits per heavy atom. The van der Waals surface area contributed by atoms with Crippen LogP contribution in [0.15, 0.2) is 36.5 Å². The molecule has 3 rings (SSSR count). The van der Waals surface area contributed by atoms with Crippen molar-refractivity contribution in [2.24, 2.45) is 5.92 Å². The molecule has 1 N–H and O–H groups in total. The van der Waals surface area contributed by atoms with Crippen molar-refractivity contribution in [3.63, 3.8) is 0 Å². The van der Waals surface area contributed by atoms with Gasteiger partial charge in [-0.2, -0.15) is 0 Å². The number of rotatable bonds is 5. The first-order valence-electron chi connectivity index (χ1n) is 9.16. The van der Waals surface area contributed by atoms with E-state index in [0.717, 1.165) is 22.6 Å². The van der Waals surface area contributed by atoms with E-state index in [9.17, 15) is 9.59 Å². The van der Waals surface area contributed by atoms with Crippen LogP contribution >= 0.6 is 0 Å². The van der Waals surface area contributed by atoms with E-state index in [-0.39, 0.29) is 11.8 Å². The third-order valence-corrected chi connectivity index (χ3v) is 5.07. The summed E-state index contributed by atoms with van der Waals surface area (Å²) in [5.74, 6) is -0.173. The number of amides is 2. The third-order valence-electron chi connectivity index (χ3n) is 5.07. The van der Waals surface area contributed by atoms with E-state index in [2.05, 4.69) is 10.3 Å². The molecule has 1 unspecified atom stereocenters. The largest absolute Gasteiger partial charge is 0.362 e. The van der Waals surface area contributed by atoms with Gasteiger partial charge in [0.05, 0.1) is 0 Å². The highest BCUT2D eigenvalue weighted by atomic mass is 16.2. The van der Waals surface area contributed by atoms with Crippen molar-refractivity contribution in [2.45, 2.75) is 26.8 Å². The Morgan fingerprint density at radius 3 is 2.74 bits per heavy atom. The summed E-state index contributed by atoms with van der Waals surface area (Å²) in [5, 5.41) is 2.91. The van der Waals surface area contributed by atoms with Crippen LogP contribution in [0, 0.1) is 19.8 Å². The van der Waals surface area contributed by atoms with Gasteiger partial charge >= 0.3 is 0 Å². The topological polar surface area (TPSA) is 65.5 Å². The number of hydrogen-bond donors (Lipinski definition) is 1. The maximum absolute atomic E-state index is 12.8. The van der Waals surface area contributed by atoms with Gasteiger partial charge in [-0.25, -0.2) is 4.98 Å². The standard InChI is InChI=1S/C21H26N4O2/c1-14-7-8-17(12-15(14)2)25-11-9-18(21(25)27)20(26)23-13-16-6-5-10-22-19(16)24(3)4/h5-8,10,12,18H,9,11,13H2,1-4H3,(H,23,26). The zero-order valence-corrected chi connectivity index (χ0v) is 16.3. The van der Waals surface area contributed by atoms with Gasteiger partial charge in [-0.1, -0.05) is 12.1 Å². The first-order chi connectivity index (χ1) is 12.9. The smallest absolute Gasteiger partial charge is 0.239 e. The Morgan fingerprint density at radius 2 is 2.04 bits per heavy atom. The van der Waals surface area contributed by atoms with Crippen molar-refractivity contribution in [2.75, 3.05) is 30.4 Å². The molecule has 1 atom stereocenters. The molecule has 2 heterocycles. The van der Waals surface area contributed by atoms with Gasteiger partial charge in [-0.05, 0) is 49.6 Å². The Kier molecular flexibility index (Phi) is 5.44. The first-order valence-corrected chi connectivity index (χ1v) is 9.16. The van der Waals surface area contributed by atoms with Crippen molar-refractivity contribution in [3.8, 4) is 0 Å². The number of nitrogens with one attached hydrogen (secondary N) is 1. The molecule has 2 amide bonds. The molecule has 27 heavy (non-hydrogen) atoms. The summed E-state index contributed by atoms with van der Waals surface area (Å²) in [4.78, 5) is 33.3. The molecular formula is C21H26N4O2. The molecule has 2 aromatic rings. The quantitative estimate of drug-likeness (QED) is 0.826. The van der Waals surface area contributed by atoms with Gasteiger partial charge in [-0.3, -0.25) is 9.59 Å². The van der Waals surface area contributed by atoms with Gasteiger partial charge in [0.25, 0.3) is 0 Å². The van der Waals surface area contributed by atoms with E-state index in [1.54, 1.807) is 11.1 Å². The predicted molar refractivity (Wildman–Crippen MR) is 107 cm³/mol. The molecular weight excluding hydrogens is 340 g/mol. The number of nitrogens with zero attached hydrogens (tertiary/aromatic N) is 3. The van der Waals surface area contributed by atoms with Crippen LogP contribution in [0.1, 0.15) is 23.1 Å². The lowest BCUT2D eigenvalue weighted by molar-refractivity contribution is -0.132. The second-order valence-corrected chi connectivity index (χ2v) is 7.20. The number of anilines is 2. The number of carbonyl (C=O) groups excluding carboxylic acids is 2. The highest BCUT2D eigenvalue weighted by Gasteiger charge is 2.37. The molecule has 1 aromatic heterocycles. The highest BCUT2D eigenvalue weighted by molar-refractivity contribution is 6.09. The van der Waals surface area contributed by atoms with Crippen LogP contribution in [-0.4, -0.2) is 37.4 Å². The molecule has 0 aliphatic carbocycles. The monoisotopic (exact) mass is 366 g/mol. The van der Waals surface area contributed by atoms with Gasteiger partial charge < -0.3 is 15.1 Å². The van der Waals surface area contributed by atoms with E-state index in [4.69, 9.17) is 0 Å². The fourth-order valence-corrected chi connectivity index (χ4v) is 3.35. The summed E-state index contributed by atoms with van der Waals surface area (Å²) < 4.78 is 0. The minimum Gasteiger partial charge on any atom is -0.362 e. The van der Waals surface area contributed by atoms with Crippen LogP contribution in [0.4, 0.5) is 11.5 Å². The second kappa shape index (κ2) is 7.78. The van der Waals surface area contributed by atoms with E-state index in [0.29, 0.717) is 19.5 Å². The van der Waals surface area contributed by atoms with Crippen LogP contribution < -0.4 is 15.1 Å². The van der Waals surface area contributed by atoms with Crippen LogP contribution in [0.25, 0.3) is 0 Å². The van der Waals surface area contributed by atoms with Crippen molar-refractivity contribution >= 4 is 23.3 Å². The molecule has 0 radical (unpaired) electrons. The maximum atomic E-state index is 12.8. The molecule has 1 aromatic carbocycles. The minimum absolute atomic E-state index is 0.130. The van der Waals surface area contributed by atoms with Crippen LogP contribution in [0.3, 0.4) is 0 Å². The zero-order valence-electron chi connectivity index (χ0n) is 16.3. The minimum atomic E-state index is -0.633. The van der Waals surface area contributed by atoms with Gasteiger partial charge in [-0.15, -0.1) is 0 Å². The van der Waals surface area contributed by atoms with Crippen LogP contribution in [-0.2, 0) is 16.1 Å². The zero-order chi connectivity index (χ0) is 19.6. The lowest BCUT2D eigenvalue weighted by atomic mass is 10.1. The molecule has 1 aliphatic rings. The van der Waals surface area contributed by atoms with Gasteiger partial charge in [0.15, 0.2) is 0 Å². The SMILES string of the molecule is Cc1ccc(N2CCC(C(=O)NCc3cccnc3N(C)C)C2=O)cc1C. The third kappa shape index (κ3) is 3.94. The number of pyridine rings is 1. The summed E-state index contributed by atoms with van der Waals surface area (Å²) in [7, 11) is 3.82. The first kappa shape index (κ1) is 18.9. The number of carbonyl (C=O) groups is 2. The number of hydrogen-bond acceptors (Lipinski definition) is 4. The lowest BCUT2D eigenvalue weighted by Crippen LogP contribution is -2.36. The van der Waals surface area contributed by atoms with E-state index in [1.807, 2.05) is 63.2 Å². The average Bonchev–Trinajstić information content (AvgIpc) is 3.03. The normalized spacial score (nSPS) is 16.5. The molecule has 6 heteroatoms. The second-order valence-electron chi connectivity index (χ2n) is 7.20. The molecule has 0 spiro atoms. The average molecular weight is 366 g/mol. The number of aromatic nitrogens is 1. The van der Waals surface area contributed by atoms with Gasteiger partial charge in [0.2, 0.25) is 11.8 Å². The van der Waals surface area contributed by atoms with Crippen molar-refractivity contribution in [1.82, 2.24) is 10.3 Å². The van der Waals surface area contributed by atoms with E-state index >= 15 is 0 Å². The van der Waals surface area contributed by atoms with E-state index in [1.165, 1.54) is 5.56 Å². The fourth-order valence-electron chi connectivity index (χ4n) is 3.35. The van der Waals surface area contributed by atoms with Crippen molar-refractivity contribution in [1.29, 1.82) is 0 Å². The molecule has 1 saturated heterocycles. The Labute approximate surface area is 160 Å². The summed E-state index contributed by atoms with van der Waals surface area (Å²) in [6, 6.07) is 9.74. The van der Waals surface area contributed by atoms with Gasteiger partial charge in [0.1, 0.15) is 11.7 Å². The molecule has 0 bridgehead atoms. The maximum Gasteiger partial charge on any atom is 0.239 e. The summed E-state index contributed by atoms with van der Waals surface area (Å²) >= 11 is 0. The Bertz CT molecular complexity index is 863. The Balaban J connectivity index is 1.66. The van der Waals surface area contributed by atoms with Crippen LogP contribution in [0.5, 0.6) is 0 Å². The number of benzene rings is 1. The fraction of sp³-hybridized carbons (Fsp3) is 0.381. The summed E-state index contributed by atoms with van der Waals surface area (Å²) in [6.07, 6.45) is 2.26. The Hall–Kier alpha value is -2.89. The predicted octanol–water partition coefficient (Wildman–Crippen LogP) is 2.43. The lowest BCUT2D eigenvalue weighted by Gasteiger charge is -2.19. The highest BCUT2D eigenvalue weighted by Crippen LogP contribution is 2.27. The van der Waals surface area contributed by atoms with Crippen molar-refractivity contribution in [3.05, 3.63) is 53.2 Å². The summed E-state index contributed by atoms with van der Waals surface area (Å²) in [6.45, 7) is 4.99. The van der Waals surface area contributed by atoms with E-state index < -0.39 is 5.92 Å². The summed E-state index contributed by atoms with van der Waals surface area (Å²) in [5.41, 5.74) is 4.11. The molecule has 142 valence electrons. The molecule has 0 saturated carbocycles. The van der Waals surface area contributed by atoms with Crippen LogP contribution in [0.2, 0.25) is 0 Å². The molecule has 6 nitrogen and oxygen atoms in total. The molecule has 1 fully saturated rings. The van der Waals surface area contributed by atoms with Gasteiger partial charge in [0, 0.05) is 44.6 Å². The molecule has 1 aliphatic heterocycles.